The minimum absolute atomic E-state index is 0.370. The van der Waals surface area contributed by atoms with Gasteiger partial charge in [-0.15, -0.1) is 0 Å². The Morgan fingerprint density at radius 2 is 1.75 bits per heavy atom. The maximum atomic E-state index is 10.4. The Morgan fingerprint density at radius 1 is 1.25 bits per heavy atom. The van der Waals surface area contributed by atoms with Crippen LogP contribution in [0.1, 0.15) is 32.1 Å². The van der Waals surface area contributed by atoms with E-state index in [1.54, 1.807) is 0 Å². The Balaban J connectivity index is 2.21. The van der Waals surface area contributed by atoms with Crippen molar-refractivity contribution in [2.45, 2.75) is 32.1 Å². The number of hydrogen-bond acceptors (Lipinski definition) is 1. The molecule has 0 saturated heterocycles. The van der Waals surface area contributed by atoms with Gasteiger partial charge in [0.2, 0.25) is 0 Å². The van der Waals surface area contributed by atoms with E-state index < -0.39 is 5.97 Å². The van der Waals surface area contributed by atoms with Gasteiger partial charge in [0.15, 0.2) is 0 Å². The molecule has 0 bridgehead atoms. The molecule has 0 amide bonds. The van der Waals surface area contributed by atoms with E-state index in [0.29, 0.717) is 12.3 Å². The normalized spacial score (nSPS) is 30.1. The van der Waals surface area contributed by atoms with Gasteiger partial charge >= 0.3 is 5.97 Å². The smallest absolute Gasteiger partial charge is 0.303 e. The number of halogens is 1. The van der Waals surface area contributed by atoms with E-state index in [0.717, 1.165) is 24.1 Å². The van der Waals surface area contributed by atoms with Crippen LogP contribution in [0.15, 0.2) is 0 Å². The first-order chi connectivity index (χ1) is 5.72. The molecule has 2 nitrogen and oxygen atoms in total. The van der Waals surface area contributed by atoms with Gasteiger partial charge in [-0.1, -0.05) is 15.9 Å². The first-order valence-electron chi connectivity index (χ1n) is 4.50. The van der Waals surface area contributed by atoms with Gasteiger partial charge in [0.1, 0.15) is 0 Å². The largest absolute Gasteiger partial charge is 0.481 e. The van der Waals surface area contributed by atoms with Crippen molar-refractivity contribution in [1.82, 2.24) is 0 Å². The van der Waals surface area contributed by atoms with Crippen molar-refractivity contribution in [1.29, 1.82) is 0 Å². The second kappa shape index (κ2) is 4.85. The molecule has 0 aromatic rings. The molecule has 70 valence electrons. The van der Waals surface area contributed by atoms with E-state index in [4.69, 9.17) is 5.11 Å². The number of carbonyl (C=O) groups is 1. The summed E-state index contributed by atoms with van der Waals surface area (Å²) >= 11 is 3.47. The van der Waals surface area contributed by atoms with Crippen LogP contribution in [0, 0.1) is 11.8 Å². The minimum Gasteiger partial charge on any atom is -0.481 e. The molecule has 1 aliphatic carbocycles. The molecule has 0 atom stereocenters. The monoisotopic (exact) mass is 234 g/mol. The van der Waals surface area contributed by atoms with E-state index in [-0.39, 0.29) is 0 Å². The van der Waals surface area contributed by atoms with Crippen LogP contribution in [0.25, 0.3) is 0 Å². The molecule has 0 radical (unpaired) electrons. The van der Waals surface area contributed by atoms with E-state index in [1.807, 2.05) is 0 Å². The molecular weight excluding hydrogens is 220 g/mol. The van der Waals surface area contributed by atoms with Crippen LogP contribution in [0.3, 0.4) is 0 Å². The highest BCUT2D eigenvalue weighted by Gasteiger charge is 2.21. The van der Waals surface area contributed by atoms with E-state index in [9.17, 15) is 4.79 Å². The Kier molecular flexibility index (Phi) is 4.06. The summed E-state index contributed by atoms with van der Waals surface area (Å²) < 4.78 is 0. The molecule has 0 aromatic heterocycles. The predicted molar refractivity (Wildman–Crippen MR) is 51.5 cm³/mol. The van der Waals surface area contributed by atoms with Crippen LogP contribution in [-0.2, 0) is 4.79 Å². The lowest BCUT2D eigenvalue weighted by atomic mass is 9.81. The second-order valence-electron chi connectivity index (χ2n) is 3.64. The Hall–Kier alpha value is -0.0500. The van der Waals surface area contributed by atoms with Gasteiger partial charge in [0, 0.05) is 11.8 Å². The molecule has 3 heteroatoms. The summed E-state index contributed by atoms with van der Waals surface area (Å²) in [5, 5.41) is 9.66. The fraction of sp³-hybridized carbons (Fsp3) is 0.889. The molecule has 1 aliphatic rings. The van der Waals surface area contributed by atoms with Crippen molar-refractivity contribution in [3.8, 4) is 0 Å². The third-order valence-electron chi connectivity index (χ3n) is 2.65. The van der Waals surface area contributed by atoms with Gasteiger partial charge in [0.25, 0.3) is 0 Å². The summed E-state index contributed by atoms with van der Waals surface area (Å²) in [6.07, 6.45) is 4.96. The zero-order valence-corrected chi connectivity index (χ0v) is 8.72. The first-order valence-corrected chi connectivity index (χ1v) is 5.62. The lowest BCUT2D eigenvalue weighted by Crippen LogP contribution is -2.17. The van der Waals surface area contributed by atoms with Gasteiger partial charge in [0.05, 0.1) is 0 Å². The van der Waals surface area contributed by atoms with Crippen LogP contribution in [0.5, 0.6) is 0 Å². The molecule has 12 heavy (non-hydrogen) atoms. The molecule has 0 aliphatic heterocycles. The highest BCUT2D eigenvalue weighted by Crippen LogP contribution is 2.31. The summed E-state index contributed by atoms with van der Waals surface area (Å²) in [4.78, 5) is 10.4. The van der Waals surface area contributed by atoms with Crippen molar-refractivity contribution in [3.05, 3.63) is 0 Å². The van der Waals surface area contributed by atoms with Gasteiger partial charge in [-0.05, 0) is 37.5 Å². The fourth-order valence-electron chi connectivity index (χ4n) is 1.84. The van der Waals surface area contributed by atoms with Crippen LogP contribution in [-0.4, -0.2) is 16.4 Å². The van der Waals surface area contributed by atoms with Crippen molar-refractivity contribution in [3.63, 3.8) is 0 Å². The quantitative estimate of drug-likeness (QED) is 0.763. The van der Waals surface area contributed by atoms with Crippen LogP contribution < -0.4 is 0 Å². The molecule has 0 spiro atoms. The Morgan fingerprint density at radius 3 is 2.17 bits per heavy atom. The average molecular weight is 235 g/mol. The molecule has 0 unspecified atom stereocenters. The van der Waals surface area contributed by atoms with Crippen LogP contribution in [0.4, 0.5) is 0 Å². The molecule has 1 N–H and O–H groups in total. The SMILES string of the molecule is O=C(O)CC1CCC(CBr)CC1. The number of carboxylic acids is 1. The molecular formula is C9H15BrO2. The Labute approximate surface area is 81.5 Å². The lowest BCUT2D eigenvalue weighted by Gasteiger charge is -2.25. The van der Waals surface area contributed by atoms with Crippen LogP contribution in [0.2, 0.25) is 0 Å². The van der Waals surface area contributed by atoms with Crippen molar-refractivity contribution in [2.24, 2.45) is 11.8 Å². The first kappa shape index (κ1) is 10.0. The summed E-state index contributed by atoms with van der Waals surface area (Å²) in [6, 6.07) is 0. The standard InChI is InChI=1S/C9H15BrO2/c10-6-8-3-1-7(2-4-8)5-9(11)12/h7-8H,1-6H2,(H,11,12). The number of aliphatic carboxylic acids is 1. The number of hydrogen-bond donors (Lipinski definition) is 1. The average Bonchev–Trinajstić information content (AvgIpc) is 2.05. The van der Waals surface area contributed by atoms with E-state index >= 15 is 0 Å². The van der Waals surface area contributed by atoms with Crippen molar-refractivity contribution >= 4 is 21.9 Å². The highest BCUT2D eigenvalue weighted by molar-refractivity contribution is 9.09. The number of carboxylic acid groups (broad SMARTS) is 1. The molecule has 1 saturated carbocycles. The van der Waals surface area contributed by atoms with Crippen molar-refractivity contribution in [2.75, 3.05) is 5.33 Å². The third-order valence-corrected chi connectivity index (χ3v) is 3.56. The zero-order valence-electron chi connectivity index (χ0n) is 7.13. The second-order valence-corrected chi connectivity index (χ2v) is 4.29. The maximum absolute atomic E-state index is 10.4. The van der Waals surface area contributed by atoms with Gasteiger partial charge in [-0.25, -0.2) is 0 Å². The topological polar surface area (TPSA) is 37.3 Å². The molecule has 0 aromatic carbocycles. The highest BCUT2D eigenvalue weighted by atomic mass is 79.9. The minimum atomic E-state index is -0.641. The molecule has 0 heterocycles. The molecule has 1 fully saturated rings. The molecule has 1 rings (SSSR count). The summed E-state index contributed by atoms with van der Waals surface area (Å²) in [5.41, 5.74) is 0. The Bertz CT molecular complexity index is 151. The summed E-state index contributed by atoms with van der Waals surface area (Å²) in [5.74, 6) is 0.588. The lowest BCUT2D eigenvalue weighted by molar-refractivity contribution is -0.138. The summed E-state index contributed by atoms with van der Waals surface area (Å²) in [6.45, 7) is 0. The van der Waals surface area contributed by atoms with Crippen molar-refractivity contribution < 1.29 is 9.90 Å². The van der Waals surface area contributed by atoms with Gasteiger partial charge in [-0.3, -0.25) is 4.79 Å². The number of rotatable bonds is 3. The summed E-state index contributed by atoms with van der Waals surface area (Å²) in [7, 11) is 0. The third kappa shape index (κ3) is 3.13. The number of alkyl halides is 1. The zero-order chi connectivity index (χ0) is 8.97. The van der Waals surface area contributed by atoms with E-state index in [1.165, 1.54) is 12.8 Å². The predicted octanol–water partition coefficient (Wildman–Crippen LogP) is 2.66. The fourth-order valence-corrected chi connectivity index (χ4v) is 2.48. The van der Waals surface area contributed by atoms with Crippen LogP contribution >= 0.6 is 15.9 Å². The van der Waals surface area contributed by atoms with E-state index in [2.05, 4.69) is 15.9 Å². The maximum Gasteiger partial charge on any atom is 0.303 e. The van der Waals surface area contributed by atoms with Gasteiger partial charge in [-0.2, -0.15) is 0 Å². The van der Waals surface area contributed by atoms with Gasteiger partial charge < -0.3 is 5.11 Å².